The molecule has 0 unspecified atom stereocenters. The van der Waals surface area contributed by atoms with E-state index in [4.69, 9.17) is 9.90 Å². The van der Waals surface area contributed by atoms with Crippen LogP contribution in [0.1, 0.15) is 19.4 Å². The van der Waals surface area contributed by atoms with Crippen molar-refractivity contribution in [2.75, 3.05) is 0 Å². The Bertz CT molecular complexity index is 1160. The van der Waals surface area contributed by atoms with E-state index in [1.54, 1.807) is 0 Å². The number of rotatable bonds is 2. The zero-order chi connectivity index (χ0) is 20.1. The van der Waals surface area contributed by atoms with Gasteiger partial charge in [0.25, 0.3) is 0 Å². The zero-order valence-electron chi connectivity index (χ0n) is 16.6. The van der Waals surface area contributed by atoms with Crippen LogP contribution in [0, 0.1) is 13.0 Å². The number of pyridine rings is 1. The maximum Gasteiger partial charge on any atom is 0.316 e. The quantitative estimate of drug-likeness (QED) is 0.105. The van der Waals surface area contributed by atoms with Crippen LogP contribution in [0.5, 0.6) is 0 Å². The summed E-state index contributed by atoms with van der Waals surface area (Å²) in [4.78, 5) is 13.0. The van der Waals surface area contributed by atoms with Crippen LogP contribution in [0.15, 0.2) is 78.7 Å². The van der Waals surface area contributed by atoms with E-state index >= 15 is 0 Å². The standard InChI is InChI=1S/C20H14N.C5H8O2.Ir/c1-14-6-8-16(9-7-14)20-19-11-10-15-4-2-3-5-17(15)18(19)12-13-21-20;1-4(6)3-5(2)7;/h2-8,10-13H,1H3;3,6H,1-2H3;/q-1;;/p+1/b;4-3-;. The molecule has 29 heavy (non-hydrogen) atoms. The van der Waals surface area contributed by atoms with Crippen molar-refractivity contribution in [1.29, 1.82) is 0 Å². The van der Waals surface area contributed by atoms with Crippen molar-refractivity contribution in [3.63, 3.8) is 0 Å². The summed E-state index contributed by atoms with van der Waals surface area (Å²) in [6.07, 6.45) is 3.16. The van der Waals surface area contributed by atoms with Gasteiger partial charge in [0.05, 0.1) is 18.8 Å². The molecule has 1 aromatic heterocycles. The molecule has 2 N–H and O–H groups in total. The summed E-state index contributed by atoms with van der Waals surface area (Å²) in [6.45, 7) is 5.07. The van der Waals surface area contributed by atoms with Crippen LogP contribution in [0.3, 0.4) is 0 Å². The summed E-state index contributed by atoms with van der Waals surface area (Å²) < 4.78 is 0. The molecule has 0 fully saturated rings. The molecule has 0 spiro atoms. The van der Waals surface area contributed by atoms with Gasteiger partial charge in [0.1, 0.15) is 0 Å². The maximum absolute atomic E-state index is 8.40. The fourth-order valence-electron chi connectivity index (χ4n) is 3.10. The third-order valence-electron chi connectivity index (χ3n) is 4.31. The molecule has 0 atom stereocenters. The van der Waals surface area contributed by atoms with Crippen molar-refractivity contribution in [1.82, 2.24) is 4.98 Å². The second-order valence-corrected chi connectivity index (χ2v) is 6.75. The van der Waals surface area contributed by atoms with Crippen molar-refractivity contribution in [3.05, 3.63) is 90.3 Å². The minimum Gasteiger partial charge on any atom is -0.512 e. The Hall–Kier alpha value is -2.81. The van der Waals surface area contributed by atoms with E-state index in [1.807, 2.05) is 12.3 Å². The van der Waals surface area contributed by atoms with E-state index in [0.29, 0.717) is 0 Å². The minimum absolute atomic E-state index is 0. The summed E-state index contributed by atoms with van der Waals surface area (Å²) >= 11 is 0. The molecule has 4 rings (SSSR count). The minimum atomic E-state index is 0. The number of carbonyl (C=O) groups excluding carboxylic acids is 1. The molecule has 3 nitrogen and oxygen atoms in total. The van der Waals surface area contributed by atoms with E-state index in [2.05, 4.69) is 72.6 Å². The van der Waals surface area contributed by atoms with Gasteiger partial charge in [-0.2, -0.15) is 0 Å². The van der Waals surface area contributed by atoms with Gasteiger partial charge in [-0.25, -0.2) is 0 Å². The second-order valence-electron chi connectivity index (χ2n) is 6.75. The summed E-state index contributed by atoms with van der Waals surface area (Å²) in [5.74, 6) is 0.250. The van der Waals surface area contributed by atoms with Gasteiger partial charge in [-0.3, -0.25) is 4.79 Å². The number of hydrogen-bond donors (Lipinski definition) is 1. The second kappa shape index (κ2) is 10.1. The number of ketones is 1. The molecule has 0 aliphatic heterocycles. The predicted octanol–water partition coefficient (Wildman–Crippen LogP) is 6.17. The number of benzene rings is 3. The number of aryl methyl sites for hydroxylation is 1. The average Bonchev–Trinajstić information content (AvgIpc) is 2.67. The van der Waals surface area contributed by atoms with E-state index < -0.39 is 0 Å². The summed E-state index contributed by atoms with van der Waals surface area (Å²) in [7, 11) is 0. The molecular formula is C25H23IrNO2. The number of hydrogen-bond acceptors (Lipinski definition) is 2. The summed E-state index contributed by atoms with van der Waals surface area (Å²) in [6, 6.07) is 24.4. The average molecular weight is 562 g/mol. The molecule has 0 bridgehead atoms. The Kier molecular flexibility index (Phi) is 7.83. The van der Waals surface area contributed by atoms with Crippen LogP contribution in [-0.4, -0.2) is 20.7 Å². The van der Waals surface area contributed by atoms with Gasteiger partial charge in [-0.05, 0) is 40.2 Å². The Morgan fingerprint density at radius 1 is 0.966 bits per heavy atom. The topological polar surface area (TPSA) is 54.5 Å². The molecule has 0 saturated heterocycles. The van der Waals surface area contributed by atoms with Crippen LogP contribution in [0.4, 0.5) is 0 Å². The number of nitrogens with zero attached hydrogens (tertiary/aromatic N) is 1. The van der Waals surface area contributed by atoms with E-state index in [0.717, 1.165) is 11.3 Å². The Balaban J connectivity index is 0.000000327. The third-order valence-corrected chi connectivity index (χ3v) is 4.31. The monoisotopic (exact) mass is 562 g/mol. The first-order chi connectivity index (χ1) is 13.5. The van der Waals surface area contributed by atoms with Crippen molar-refractivity contribution < 1.29 is 30.0 Å². The number of fused-ring (bicyclic) bond motifs is 3. The number of aliphatic hydroxyl groups is 1. The molecule has 0 aliphatic carbocycles. The first kappa shape index (κ1) is 22.5. The largest absolute Gasteiger partial charge is 0.512 e. The molecule has 0 saturated carbocycles. The van der Waals surface area contributed by atoms with Crippen LogP contribution < -0.4 is 0 Å². The van der Waals surface area contributed by atoms with Crippen molar-refractivity contribution in [2.45, 2.75) is 20.8 Å². The normalized spacial score (nSPS) is 10.8. The molecule has 1 heterocycles. The molecule has 149 valence electrons. The number of allylic oxidation sites excluding steroid dienone is 2. The van der Waals surface area contributed by atoms with Gasteiger partial charge >= 0.3 is 5.78 Å². The van der Waals surface area contributed by atoms with Crippen LogP contribution >= 0.6 is 0 Å². The van der Waals surface area contributed by atoms with Gasteiger partial charge in [0.2, 0.25) is 0 Å². The smallest absolute Gasteiger partial charge is 0.316 e. The molecule has 4 heteroatoms. The molecular weight excluding hydrogens is 538 g/mol. The third kappa shape index (κ3) is 5.60. The number of aromatic nitrogens is 1. The summed E-state index contributed by atoms with van der Waals surface area (Å²) in [5, 5.41) is 13.4. The van der Waals surface area contributed by atoms with Crippen LogP contribution in [-0.2, 0) is 20.1 Å². The van der Waals surface area contributed by atoms with E-state index in [-0.39, 0.29) is 31.6 Å². The van der Waals surface area contributed by atoms with Gasteiger partial charge in [0.15, 0.2) is 0 Å². The number of aliphatic hydroxyl groups excluding tert-OH is 1. The fraction of sp³-hybridized carbons (Fsp3) is 0.120. The van der Waals surface area contributed by atoms with Crippen LogP contribution in [0.25, 0.3) is 32.8 Å². The van der Waals surface area contributed by atoms with Gasteiger partial charge in [-0.1, -0.05) is 43.3 Å². The van der Waals surface area contributed by atoms with Crippen molar-refractivity contribution >= 4 is 27.3 Å². The van der Waals surface area contributed by atoms with Gasteiger partial charge in [0, 0.05) is 26.3 Å². The van der Waals surface area contributed by atoms with Crippen molar-refractivity contribution in [2.24, 2.45) is 0 Å². The predicted molar refractivity (Wildman–Crippen MR) is 117 cm³/mol. The van der Waals surface area contributed by atoms with Gasteiger partial charge < -0.3 is 10.1 Å². The maximum atomic E-state index is 8.40. The Morgan fingerprint density at radius 2 is 1.72 bits per heavy atom. The SMILES string of the molecule is CC(=[OH+])/C=C(/C)O.Cc1c[c-]c(-c2nccc3c2ccc2ccccc23)cc1.[Ir]. The van der Waals surface area contributed by atoms with Crippen molar-refractivity contribution in [3.8, 4) is 11.3 Å². The Morgan fingerprint density at radius 3 is 2.34 bits per heavy atom. The fourth-order valence-corrected chi connectivity index (χ4v) is 3.10. The molecule has 4 aromatic rings. The van der Waals surface area contributed by atoms with E-state index in [1.165, 1.54) is 47.0 Å². The van der Waals surface area contributed by atoms with Crippen LogP contribution in [0.2, 0.25) is 0 Å². The molecule has 0 amide bonds. The van der Waals surface area contributed by atoms with E-state index in [9.17, 15) is 0 Å². The molecule has 1 radical (unpaired) electrons. The molecule has 0 aliphatic rings. The summed E-state index contributed by atoms with van der Waals surface area (Å²) in [5.41, 5.74) is 3.25. The Labute approximate surface area is 184 Å². The van der Waals surface area contributed by atoms with Gasteiger partial charge in [-0.15, -0.1) is 35.4 Å². The molecule has 3 aromatic carbocycles. The zero-order valence-corrected chi connectivity index (χ0v) is 19.0. The first-order valence-electron chi connectivity index (χ1n) is 9.10. The first-order valence-corrected chi connectivity index (χ1v) is 9.10.